The van der Waals surface area contributed by atoms with Crippen molar-refractivity contribution in [3.63, 3.8) is 0 Å². The minimum atomic E-state index is -1.64. The summed E-state index contributed by atoms with van der Waals surface area (Å²) >= 11 is 12.1. The van der Waals surface area contributed by atoms with Gasteiger partial charge in [-0.3, -0.25) is 43.3 Å². The third-order valence-corrected chi connectivity index (χ3v) is 11.4. The number of primary amides is 2. The van der Waals surface area contributed by atoms with Gasteiger partial charge in [0.15, 0.2) is 11.7 Å². The Morgan fingerprint density at radius 3 is 1.88 bits per heavy atom. The van der Waals surface area contributed by atoms with E-state index in [1.54, 1.807) is 19.9 Å². The molecule has 1 saturated carbocycles. The van der Waals surface area contributed by atoms with Crippen LogP contribution in [0.25, 0.3) is 0 Å². The van der Waals surface area contributed by atoms with E-state index in [-0.39, 0.29) is 72.9 Å². The van der Waals surface area contributed by atoms with Crippen molar-refractivity contribution < 1.29 is 48.3 Å². The highest BCUT2D eigenvalue weighted by atomic mass is 35.5. The van der Waals surface area contributed by atoms with Crippen LogP contribution < -0.4 is 49.5 Å². The van der Waals surface area contributed by atoms with Crippen molar-refractivity contribution in [2.45, 2.75) is 141 Å². The van der Waals surface area contributed by atoms with Gasteiger partial charge in [-0.15, -0.1) is 0 Å². The first-order valence-corrected chi connectivity index (χ1v) is 22.1. The number of halogens is 2. The van der Waals surface area contributed by atoms with Crippen LogP contribution in [0.3, 0.4) is 0 Å². The summed E-state index contributed by atoms with van der Waals surface area (Å²) in [6, 6.07) is -2.25. The zero-order chi connectivity index (χ0) is 48.1. The predicted molar refractivity (Wildman–Crippen MR) is 239 cm³/mol. The van der Waals surface area contributed by atoms with Crippen molar-refractivity contribution in [1.82, 2.24) is 26.6 Å². The normalized spacial score (nSPS) is 15.5. The Balaban J connectivity index is 2.39. The summed E-state index contributed by atoms with van der Waals surface area (Å²) in [5, 5.41) is 23.2. The second-order valence-corrected chi connectivity index (χ2v) is 17.5. The van der Waals surface area contributed by atoms with Crippen LogP contribution in [0.5, 0.6) is 0 Å². The van der Waals surface area contributed by atoms with E-state index in [0.717, 1.165) is 32.1 Å². The molecular weight excluding hydrogens is 875 g/mol. The Bertz CT molecular complexity index is 1860. The summed E-state index contributed by atoms with van der Waals surface area (Å²) in [5.74, 6) is -9.17. The van der Waals surface area contributed by atoms with Gasteiger partial charge in [0.1, 0.15) is 24.2 Å². The van der Waals surface area contributed by atoms with Gasteiger partial charge in [0, 0.05) is 38.6 Å². The molecule has 1 aliphatic carbocycles. The summed E-state index contributed by atoms with van der Waals surface area (Å²) in [6.07, 6.45) is 3.00. The van der Waals surface area contributed by atoms with Crippen LogP contribution in [0.15, 0.2) is 23.2 Å². The zero-order valence-electron chi connectivity index (χ0n) is 36.6. The number of benzene rings is 1. The number of carbonyl (C=O) groups excluding carboxylic acids is 8. The van der Waals surface area contributed by atoms with E-state index in [9.17, 15) is 48.3 Å². The van der Waals surface area contributed by atoms with Gasteiger partial charge in [-0.05, 0) is 61.6 Å². The van der Waals surface area contributed by atoms with E-state index < -0.39 is 102 Å². The van der Waals surface area contributed by atoms with E-state index in [1.807, 2.05) is 0 Å². The van der Waals surface area contributed by atoms with Gasteiger partial charge in [-0.2, -0.15) is 0 Å². The van der Waals surface area contributed by atoms with Crippen molar-refractivity contribution in [3.05, 3.63) is 33.8 Å². The van der Waals surface area contributed by atoms with Crippen LogP contribution >= 0.6 is 23.2 Å². The number of carboxylic acid groups (broad SMARTS) is 1. The van der Waals surface area contributed by atoms with Gasteiger partial charge < -0.3 is 54.6 Å². The Morgan fingerprint density at radius 1 is 0.719 bits per heavy atom. The van der Waals surface area contributed by atoms with Gasteiger partial charge in [0.05, 0.1) is 22.5 Å². The molecule has 1 aromatic rings. The van der Waals surface area contributed by atoms with Crippen LogP contribution in [0.1, 0.15) is 110 Å². The van der Waals surface area contributed by atoms with E-state index >= 15 is 0 Å². The van der Waals surface area contributed by atoms with E-state index in [0.29, 0.717) is 12.0 Å². The third kappa shape index (κ3) is 20.8. The molecule has 0 unspecified atom stereocenters. The molecule has 14 N–H and O–H groups in total. The fraction of sp³-hybridized carbons (Fsp3) is 0.619. The molecule has 22 heteroatoms. The Labute approximate surface area is 382 Å². The Hall–Kier alpha value is -5.50. The molecule has 1 fully saturated rings. The average molecular weight is 940 g/mol. The lowest BCUT2D eigenvalue weighted by Gasteiger charge is -2.30. The van der Waals surface area contributed by atoms with Crippen molar-refractivity contribution in [2.24, 2.45) is 45.7 Å². The van der Waals surface area contributed by atoms with Gasteiger partial charge in [-0.25, -0.2) is 4.79 Å². The summed E-state index contributed by atoms with van der Waals surface area (Å²) in [4.78, 5) is 122. The van der Waals surface area contributed by atoms with Crippen LogP contribution in [-0.2, 0) is 49.6 Å². The molecule has 0 saturated heterocycles. The number of nitrogens with two attached hydrogens (primary N) is 4. The minimum absolute atomic E-state index is 0.0265. The molecule has 0 radical (unpaired) electrons. The van der Waals surface area contributed by atoms with Gasteiger partial charge in [0.2, 0.25) is 41.4 Å². The van der Waals surface area contributed by atoms with Gasteiger partial charge in [0.25, 0.3) is 0 Å². The lowest BCUT2D eigenvalue weighted by molar-refractivity contribution is -0.142. The number of aliphatic imine (C=N–C) groups is 1. The van der Waals surface area contributed by atoms with Crippen LogP contribution in [0.4, 0.5) is 0 Å². The second kappa shape index (κ2) is 27.6. The van der Waals surface area contributed by atoms with Gasteiger partial charge in [-0.1, -0.05) is 75.2 Å². The van der Waals surface area contributed by atoms with E-state index in [1.165, 1.54) is 19.1 Å². The molecule has 0 aromatic heterocycles. The fourth-order valence-electron chi connectivity index (χ4n) is 7.40. The largest absolute Gasteiger partial charge is 0.480 e. The molecule has 0 spiro atoms. The van der Waals surface area contributed by atoms with Gasteiger partial charge >= 0.3 is 5.97 Å². The number of hydrogen-bond donors (Lipinski definition) is 10. The number of nitrogens with zero attached hydrogens (tertiary/aromatic N) is 1. The van der Waals surface area contributed by atoms with E-state index in [2.05, 4.69) is 31.6 Å². The molecular formula is C42H64Cl2N10O10. The Morgan fingerprint density at radius 2 is 1.31 bits per heavy atom. The summed E-state index contributed by atoms with van der Waals surface area (Å²) in [6.45, 7) is 4.92. The molecule has 2 rings (SSSR count). The lowest BCUT2D eigenvalue weighted by atomic mass is 9.84. The molecule has 1 aliphatic rings. The van der Waals surface area contributed by atoms with Crippen molar-refractivity contribution in [1.29, 1.82) is 0 Å². The standard InChI is InChI=1S/C42H64Cl2N10O10/c1-22(2)16-30(38(60)54-33(41(63)64)19-25-11-13-27(43)28(44)17-25)52-40(62)32(21-36(46)58)53-39(61)31(18-24-8-5-4-6-9-24)51-37(59)26(12-14-35(45)57)20-34(56)29(50-23(3)55)10-7-15-49-42(47)48/h11,13,17,22,24,26,29-33H,4-10,12,14-16,18-21H2,1-3H3,(H2,45,57)(H2,46,58)(H,50,55)(H,51,59)(H,52,62)(H,53,61)(H,54,60)(H,63,64)(H4,47,48,49)/t26-,29+,30+,31+,32+,33+/m1/s1. The maximum Gasteiger partial charge on any atom is 0.326 e. The average Bonchev–Trinajstić information content (AvgIpc) is 3.20. The number of nitrogens with one attached hydrogen (secondary N) is 5. The quantitative estimate of drug-likeness (QED) is 0.0318. The first kappa shape index (κ1) is 54.6. The lowest BCUT2D eigenvalue weighted by Crippen LogP contribution is -2.59. The second-order valence-electron chi connectivity index (χ2n) is 16.6. The first-order valence-electron chi connectivity index (χ1n) is 21.4. The predicted octanol–water partition coefficient (Wildman–Crippen LogP) is 0.851. The van der Waals surface area contributed by atoms with E-state index in [4.69, 9.17) is 46.1 Å². The number of amides is 7. The number of guanidine groups is 1. The number of aliphatic carboxylic acids is 1. The third-order valence-electron chi connectivity index (χ3n) is 10.6. The highest BCUT2D eigenvalue weighted by molar-refractivity contribution is 6.42. The van der Waals surface area contributed by atoms with Crippen molar-refractivity contribution in [2.75, 3.05) is 6.54 Å². The number of carboxylic acids is 1. The summed E-state index contributed by atoms with van der Waals surface area (Å²) in [5.41, 5.74) is 22.2. The number of ketones is 1. The summed E-state index contributed by atoms with van der Waals surface area (Å²) in [7, 11) is 0. The molecule has 7 amide bonds. The summed E-state index contributed by atoms with van der Waals surface area (Å²) < 4.78 is 0. The molecule has 20 nitrogen and oxygen atoms in total. The highest BCUT2D eigenvalue weighted by Crippen LogP contribution is 2.28. The van der Waals surface area contributed by atoms with Crippen molar-refractivity contribution >= 4 is 82.3 Å². The number of rotatable bonds is 28. The SMILES string of the molecule is CC(=O)N[C@@H](CCCN=C(N)N)C(=O)C[C@@H](CCC(N)=O)C(=O)N[C@@H](CC1CCCCC1)C(=O)N[C@@H](CC(N)=O)C(=O)N[C@@H](CC(C)C)C(=O)N[C@@H](Cc1ccc(Cl)c(Cl)c1)C(=O)O. The molecule has 0 bridgehead atoms. The molecule has 0 heterocycles. The number of hydrogen-bond acceptors (Lipinski definition) is 10. The maximum atomic E-state index is 14.2. The van der Waals surface area contributed by atoms with Crippen LogP contribution in [0, 0.1) is 17.8 Å². The molecule has 356 valence electrons. The Kier molecular flexibility index (Phi) is 23.6. The highest BCUT2D eigenvalue weighted by Gasteiger charge is 2.35. The van der Waals surface area contributed by atoms with Crippen LogP contribution in [-0.4, -0.2) is 101 Å². The smallest absolute Gasteiger partial charge is 0.326 e. The molecule has 1 aromatic carbocycles. The number of Topliss-reactive ketones (excluding diaryl/α,β-unsaturated/α-hetero) is 1. The monoisotopic (exact) mass is 938 g/mol. The fourth-order valence-corrected chi connectivity index (χ4v) is 7.72. The molecule has 6 atom stereocenters. The first-order chi connectivity index (χ1) is 30.1. The molecule has 64 heavy (non-hydrogen) atoms. The zero-order valence-corrected chi connectivity index (χ0v) is 38.1. The molecule has 0 aliphatic heterocycles. The van der Waals surface area contributed by atoms with Crippen LogP contribution in [0.2, 0.25) is 10.0 Å². The maximum absolute atomic E-state index is 14.2. The topological polar surface area (TPSA) is 350 Å². The van der Waals surface area contributed by atoms with Crippen molar-refractivity contribution in [3.8, 4) is 0 Å². The minimum Gasteiger partial charge on any atom is -0.480 e. The number of carbonyl (C=O) groups is 9.